The molecule has 0 aliphatic rings. The Labute approximate surface area is 187 Å². The Morgan fingerprint density at radius 3 is 2.34 bits per heavy atom. The summed E-state index contributed by atoms with van der Waals surface area (Å²) in [4.78, 5) is 49.4. The summed E-state index contributed by atoms with van der Waals surface area (Å²) >= 11 is 0. The number of aryl methyl sites for hydroxylation is 1. The molecule has 0 radical (unpaired) electrons. The number of para-hydroxylation sites is 1. The highest BCUT2D eigenvalue weighted by Crippen LogP contribution is 2.16. The number of anilines is 1. The van der Waals surface area contributed by atoms with Gasteiger partial charge < -0.3 is 20.1 Å². The van der Waals surface area contributed by atoms with Crippen LogP contribution in [-0.2, 0) is 19.1 Å². The van der Waals surface area contributed by atoms with Crippen molar-refractivity contribution in [3.8, 4) is 0 Å². The highest BCUT2D eigenvalue weighted by molar-refractivity contribution is 6.02. The highest BCUT2D eigenvalue weighted by Gasteiger charge is 2.27. The van der Waals surface area contributed by atoms with Crippen LogP contribution < -0.4 is 10.6 Å². The van der Waals surface area contributed by atoms with Gasteiger partial charge in [0, 0.05) is 5.56 Å². The van der Waals surface area contributed by atoms with Crippen LogP contribution in [0.25, 0.3) is 0 Å². The van der Waals surface area contributed by atoms with E-state index in [0.717, 1.165) is 5.56 Å². The fraction of sp³-hybridized carbons (Fsp3) is 0.333. The van der Waals surface area contributed by atoms with Gasteiger partial charge in [0.1, 0.15) is 6.04 Å². The van der Waals surface area contributed by atoms with E-state index in [9.17, 15) is 19.2 Å². The molecule has 0 heterocycles. The van der Waals surface area contributed by atoms with Crippen LogP contribution >= 0.6 is 0 Å². The second-order valence-corrected chi connectivity index (χ2v) is 7.49. The van der Waals surface area contributed by atoms with Crippen LogP contribution in [0.15, 0.2) is 48.5 Å². The first-order chi connectivity index (χ1) is 15.2. The van der Waals surface area contributed by atoms with Crippen LogP contribution in [0.3, 0.4) is 0 Å². The van der Waals surface area contributed by atoms with Gasteiger partial charge in [0.15, 0.2) is 6.61 Å². The van der Waals surface area contributed by atoms with Crippen molar-refractivity contribution in [2.45, 2.75) is 33.7 Å². The molecule has 0 aliphatic carbocycles. The van der Waals surface area contributed by atoms with Crippen molar-refractivity contribution in [2.75, 3.05) is 18.5 Å². The molecule has 32 heavy (non-hydrogen) atoms. The van der Waals surface area contributed by atoms with Gasteiger partial charge in [-0.05, 0) is 44.0 Å². The van der Waals surface area contributed by atoms with Gasteiger partial charge in [0.2, 0.25) is 0 Å². The molecule has 2 aromatic rings. The molecule has 170 valence electrons. The number of carbonyl (C=O) groups is 4. The molecule has 0 saturated heterocycles. The fourth-order valence-corrected chi connectivity index (χ4v) is 2.90. The van der Waals surface area contributed by atoms with Gasteiger partial charge in [-0.2, -0.15) is 0 Å². The van der Waals surface area contributed by atoms with E-state index in [2.05, 4.69) is 10.6 Å². The molecule has 1 atom stereocenters. The maximum Gasteiger partial charge on any atom is 0.340 e. The van der Waals surface area contributed by atoms with Crippen molar-refractivity contribution in [1.29, 1.82) is 0 Å². The van der Waals surface area contributed by atoms with E-state index in [-0.39, 0.29) is 23.8 Å². The average molecular weight is 440 g/mol. The summed E-state index contributed by atoms with van der Waals surface area (Å²) in [5, 5.41) is 5.21. The molecule has 0 aliphatic heterocycles. The summed E-state index contributed by atoms with van der Waals surface area (Å²) in [5.41, 5.74) is 1.79. The molecule has 2 aromatic carbocycles. The van der Waals surface area contributed by atoms with E-state index in [1.165, 1.54) is 6.07 Å². The molecular formula is C24H28N2O6. The van der Waals surface area contributed by atoms with Gasteiger partial charge >= 0.3 is 11.9 Å². The number of ether oxygens (including phenoxy) is 2. The van der Waals surface area contributed by atoms with Gasteiger partial charge in [0.05, 0.1) is 17.9 Å². The number of nitrogens with one attached hydrogen (secondary N) is 2. The first kappa shape index (κ1) is 24.6. The van der Waals surface area contributed by atoms with Gasteiger partial charge in [-0.1, -0.05) is 43.7 Å². The fourth-order valence-electron chi connectivity index (χ4n) is 2.90. The van der Waals surface area contributed by atoms with Crippen molar-refractivity contribution in [3.63, 3.8) is 0 Å². The molecule has 0 saturated carbocycles. The third-order valence-corrected chi connectivity index (χ3v) is 4.53. The number of esters is 2. The van der Waals surface area contributed by atoms with Gasteiger partial charge in [0.25, 0.3) is 11.8 Å². The van der Waals surface area contributed by atoms with E-state index < -0.39 is 36.4 Å². The second kappa shape index (κ2) is 11.6. The molecule has 2 N–H and O–H groups in total. The number of hydrogen-bond acceptors (Lipinski definition) is 6. The largest absolute Gasteiger partial charge is 0.462 e. The predicted octanol–water partition coefficient (Wildman–Crippen LogP) is 3.11. The minimum atomic E-state index is -0.928. The third kappa shape index (κ3) is 6.94. The minimum Gasteiger partial charge on any atom is -0.462 e. The van der Waals surface area contributed by atoms with Crippen molar-refractivity contribution < 1.29 is 28.7 Å². The summed E-state index contributed by atoms with van der Waals surface area (Å²) in [5.74, 6) is -2.59. The van der Waals surface area contributed by atoms with Gasteiger partial charge in [-0.3, -0.25) is 9.59 Å². The minimum absolute atomic E-state index is 0.194. The summed E-state index contributed by atoms with van der Waals surface area (Å²) in [7, 11) is 0. The Morgan fingerprint density at radius 1 is 0.969 bits per heavy atom. The number of amides is 2. The maximum absolute atomic E-state index is 12.5. The standard InChI is InChI=1S/C24H28N2O6/c1-5-31-23(29)18-11-6-7-12-19(18)25-20(27)14-32-24(30)21(15(2)3)26-22(28)17-10-8-9-16(4)13-17/h6-13,15,21H,5,14H2,1-4H3,(H,25,27)(H,26,28)/t21-/m0/s1. The van der Waals surface area contributed by atoms with E-state index in [4.69, 9.17) is 9.47 Å². The Balaban J connectivity index is 1.98. The normalized spacial score (nSPS) is 11.4. The lowest BCUT2D eigenvalue weighted by Crippen LogP contribution is -2.46. The van der Waals surface area contributed by atoms with Crippen LogP contribution in [0.2, 0.25) is 0 Å². The van der Waals surface area contributed by atoms with Crippen LogP contribution in [0.5, 0.6) is 0 Å². The third-order valence-electron chi connectivity index (χ3n) is 4.53. The monoisotopic (exact) mass is 440 g/mol. The zero-order chi connectivity index (χ0) is 23.7. The van der Waals surface area contributed by atoms with Crippen LogP contribution in [0, 0.1) is 12.8 Å². The highest BCUT2D eigenvalue weighted by atomic mass is 16.5. The quantitative estimate of drug-likeness (QED) is 0.580. The Hall–Kier alpha value is -3.68. The van der Waals surface area contributed by atoms with Crippen LogP contribution in [0.1, 0.15) is 47.1 Å². The number of benzene rings is 2. The maximum atomic E-state index is 12.5. The summed E-state index contributed by atoms with van der Waals surface area (Å²) in [6, 6.07) is 12.4. The lowest BCUT2D eigenvalue weighted by molar-refractivity contribution is -0.150. The zero-order valence-corrected chi connectivity index (χ0v) is 18.6. The van der Waals surface area contributed by atoms with E-state index >= 15 is 0 Å². The SMILES string of the molecule is CCOC(=O)c1ccccc1NC(=O)COC(=O)[C@@H](NC(=O)c1cccc(C)c1)C(C)C. The summed E-state index contributed by atoms with van der Waals surface area (Å²) in [6.45, 7) is 6.70. The van der Waals surface area contributed by atoms with E-state index in [1.807, 2.05) is 13.0 Å². The van der Waals surface area contributed by atoms with Gasteiger partial charge in [-0.15, -0.1) is 0 Å². The molecular weight excluding hydrogens is 412 g/mol. The molecule has 0 unspecified atom stereocenters. The number of hydrogen-bond donors (Lipinski definition) is 2. The lowest BCUT2D eigenvalue weighted by atomic mass is 10.0. The first-order valence-corrected chi connectivity index (χ1v) is 10.3. The van der Waals surface area contributed by atoms with Gasteiger partial charge in [-0.25, -0.2) is 9.59 Å². The molecule has 2 amide bonds. The smallest absolute Gasteiger partial charge is 0.340 e. The Kier molecular flexibility index (Phi) is 8.95. The van der Waals surface area contributed by atoms with Crippen LogP contribution in [0.4, 0.5) is 5.69 Å². The molecule has 0 spiro atoms. The summed E-state index contributed by atoms with van der Waals surface area (Å²) in [6.07, 6.45) is 0. The topological polar surface area (TPSA) is 111 Å². The van der Waals surface area contributed by atoms with Crippen LogP contribution in [-0.4, -0.2) is 43.0 Å². The van der Waals surface area contributed by atoms with E-state index in [1.54, 1.807) is 57.2 Å². The Bertz CT molecular complexity index is 986. The molecule has 0 aromatic heterocycles. The number of rotatable bonds is 9. The molecule has 0 fully saturated rings. The lowest BCUT2D eigenvalue weighted by Gasteiger charge is -2.21. The van der Waals surface area contributed by atoms with Crippen molar-refractivity contribution in [1.82, 2.24) is 5.32 Å². The second-order valence-electron chi connectivity index (χ2n) is 7.49. The predicted molar refractivity (Wildman–Crippen MR) is 119 cm³/mol. The number of carbonyl (C=O) groups excluding carboxylic acids is 4. The molecule has 0 bridgehead atoms. The molecule has 2 rings (SSSR count). The average Bonchev–Trinajstić information content (AvgIpc) is 2.76. The van der Waals surface area contributed by atoms with E-state index in [0.29, 0.717) is 5.56 Å². The first-order valence-electron chi connectivity index (χ1n) is 10.3. The van der Waals surface area contributed by atoms with Crippen molar-refractivity contribution in [2.24, 2.45) is 5.92 Å². The zero-order valence-electron chi connectivity index (χ0n) is 18.6. The molecule has 8 heteroatoms. The summed E-state index contributed by atoms with van der Waals surface area (Å²) < 4.78 is 10.1. The van der Waals surface area contributed by atoms with Crippen molar-refractivity contribution in [3.05, 3.63) is 65.2 Å². The Morgan fingerprint density at radius 2 is 1.69 bits per heavy atom. The molecule has 8 nitrogen and oxygen atoms in total. The van der Waals surface area contributed by atoms with Crippen molar-refractivity contribution >= 4 is 29.4 Å².